The molecule has 2 heterocycles. The molecular formula is C16H18FN5O2. The van der Waals surface area contributed by atoms with Crippen molar-refractivity contribution in [3.8, 4) is 5.75 Å². The summed E-state index contributed by atoms with van der Waals surface area (Å²) in [5.74, 6) is 0.754. The van der Waals surface area contributed by atoms with Crippen LogP contribution in [0.4, 0.5) is 10.3 Å². The molecule has 0 unspecified atom stereocenters. The van der Waals surface area contributed by atoms with E-state index in [9.17, 15) is 4.39 Å². The number of nitrogens with one attached hydrogen (secondary N) is 1. The van der Waals surface area contributed by atoms with Crippen LogP contribution >= 0.6 is 0 Å². The molecule has 126 valence electrons. The molecule has 24 heavy (non-hydrogen) atoms. The molecule has 3 rings (SSSR count). The third-order valence-electron chi connectivity index (χ3n) is 3.39. The largest absolute Gasteiger partial charge is 0.467 e. The lowest BCUT2D eigenvalue weighted by molar-refractivity contribution is -0.0172. The Kier molecular flexibility index (Phi) is 4.57. The standard InChI is InChI=1S/C16H18FN5O2/c1-9-3-10(2)21-16(20-9)22-15(18)19-6-11-4-13(17)5-12-7-23-8-24-14(11)12/h3-5H,6-8H2,1-2H3,(H3,18,19,20,21,22). The number of ether oxygens (including phenoxy) is 2. The molecular weight excluding hydrogens is 313 g/mol. The van der Waals surface area contributed by atoms with Crippen LogP contribution in [0.15, 0.2) is 23.2 Å². The maximum Gasteiger partial charge on any atom is 0.229 e. The molecule has 0 radical (unpaired) electrons. The minimum Gasteiger partial charge on any atom is -0.467 e. The van der Waals surface area contributed by atoms with Crippen LogP contribution < -0.4 is 15.8 Å². The summed E-state index contributed by atoms with van der Waals surface area (Å²) in [4.78, 5) is 12.7. The monoisotopic (exact) mass is 331 g/mol. The highest BCUT2D eigenvalue weighted by atomic mass is 19.1. The Morgan fingerprint density at radius 1 is 1.29 bits per heavy atom. The first-order chi connectivity index (χ1) is 11.5. The normalized spacial score (nSPS) is 14.0. The fourth-order valence-corrected chi connectivity index (χ4v) is 2.48. The third-order valence-corrected chi connectivity index (χ3v) is 3.39. The zero-order valence-electron chi connectivity index (χ0n) is 13.5. The number of benzene rings is 1. The highest BCUT2D eigenvalue weighted by Gasteiger charge is 2.16. The molecule has 7 nitrogen and oxygen atoms in total. The summed E-state index contributed by atoms with van der Waals surface area (Å²) in [6, 6.07) is 4.64. The Morgan fingerprint density at radius 3 is 2.79 bits per heavy atom. The molecule has 1 aromatic heterocycles. The molecule has 0 bridgehead atoms. The lowest BCUT2D eigenvalue weighted by Crippen LogP contribution is -2.24. The Hall–Kier alpha value is -2.74. The number of anilines is 1. The van der Waals surface area contributed by atoms with Gasteiger partial charge >= 0.3 is 0 Å². The van der Waals surface area contributed by atoms with Crippen LogP contribution in [-0.4, -0.2) is 22.7 Å². The Bertz CT molecular complexity index is 774. The first-order valence-electron chi connectivity index (χ1n) is 7.42. The number of aromatic nitrogens is 2. The molecule has 8 heteroatoms. The van der Waals surface area contributed by atoms with Crippen molar-refractivity contribution in [3.05, 3.63) is 46.5 Å². The predicted molar refractivity (Wildman–Crippen MR) is 87.1 cm³/mol. The summed E-state index contributed by atoms with van der Waals surface area (Å²) < 4.78 is 24.3. The zero-order valence-corrected chi connectivity index (χ0v) is 13.5. The van der Waals surface area contributed by atoms with Gasteiger partial charge in [-0.1, -0.05) is 0 Å². The number of guanidine groups is 1. The summed E-state index contributed by atoms with van der Waals surface area (Å²) in [5.41, 5.74) is 8.79. The van der Waals surface area contributed by atoms with Crippen molar-refractivity contribution in [1.29, 1.82) is 0 Å². The Balaban J connectivity index is 1.76. The van der Waals surface area contributed by atoms with E-state index in [-0.39, 0.29) is 25.1 Å². The molecule has 3 N–H and O–H groups in total. The van der Waals surface area contributed by atoms with Crippen molar-refractivity contribution in [1.82, 2.24) is 9.97 Å². The van der Waals surface area contributed by atoms with Gasteiger partial charge in [-0.05, 0) is 32.0 Å². The van der Waals surface area contributed by atoms with Crippen LogP contribution in [0.2, 0.25) is 0 Å². The average molecular weight is 331 g/mol. The Labute approximate surface area is 138 Å². The molecule has 1 aliphatic rings. The van der Waals surface area contributed by atoms with Crippen LogP contribution in [0.5, 0.6) is 5.75 Å². The van der Waals surface area contributed by atoms with Crippen LogP contribution in [0, 0.1) is 19.7 Å². The second kappa shape index (κ2) is 6.79. The van der Waals surface area contributed by atoms with Crippen LogP contribution in [0.25, 0.3) is 0 Å². The second-order valence-corrected chi connectivity index (χ2v) is 5.46. The molecule has 1 aliphatic heterocycles. The number of nitrogens with two attached hydrogens (primary N) is 1. The van der Waals surface area contributed by atoms with E-state index in [1.54, 1.807) is 0 Å². The van der Waals surface area contributed by atoms with Gasteiger partial charge in [-0.3, -0.25) is 5.32 Å². The first kappa shape index (κ1) is 16.1. The summed E-state index contributed by atoms with van der Waals surface area (Å²) in [7, 11) is 0. The van der Waals surface area contributed by atoms with Crippen LogP contribution in [0.1, 0.15) is 22.5 Å². The van der Waals surface area contributed by atoms with Crippen molar-refractivity contribution in [2.45, 2.75) is 27.0 Å². The van der Waals surface area contributed by atoms with Gasteiger partial charge in [0.25, 0.3) is 0 Å². The number of fused-ring (bicyclic) bond motifs is 1. The van der Waals surface area contributed by atoms with Gasteiger partial charge in [-0.2, -0.15) is 0 Å². The smallest absolute Gasteiger partial charge is 0.229 e. The lowest BCUT2D eigenvalue weighted by atomic mass is 10.1. The van der Waals surface area contributed by atoms with Gasteiger partial charge < -0.3 is 15.2 Å². The molecule has 0 spiro atoms. The van der Waals surface area contributed by atoms with E-state index in [4.69, 9.17) is 15.2 Å². The van der Waals surface area contributed by atoms with E-state index in [0.29, 0.717) is 29.4 Å². The average Bonchev–Trinajstić information content (AvgIpc) is 2.51. The highest BCUT2D eigenvalue weighted by Crippen LogP contribution is 2.29. The number of nitrogens with zero attached hydrogens (tertiary/aromatic N) is 3. The van der Waals surface area contributed by atoms with E-state index >= 15 is 0 Å². The minimum absolute atomic E-state index is 0.138. The number of hydrogen-bond donors (Lipinski definition) is 2. The molecule has 0 saturated carbocycles. The van der Waals surface area contributed by atoms with E-state index in [0.717, 1.165) is 11.4 Å². The maximum absolute atomic E-state index is 13.7. The second-order valence-electron chi connectivity index (χ2n) is 5.46. The number of halogens is 1. The molecule has 1 aromatic carbocycles. The van der Waals surface area contributed by atoms with Crippen molar-refractivity contribution in [2.75, 3.05) is 12.1 Å². The van der Waals surface area contributed by atoms with E-state index in [1.807, 2.05) is 19.9 Å². The lowest BCUT2D eigenvalue weighted by Gasteiger charge is -2.20. The van der Waals surface area contributed by atoms with E-state index in [2.05, 4.69) is 20.3 Å². The number of rotatable bonds is 3. The van der Waals surface area contributed by atoms with Gasteiger partial charge in [0.2, 0.25) is 5.95 Å². The fourth-order valence-electron chi connectivity index (χ4n) is 2.48. The van der Waals surface area contributed by atoms with Crippen molar-refractivity contribution in [2.24, 2.45) is 10.7 Å². The third kappa shape index (κ3) is 3.77. The van der Waals surface area contributed by atoms with Crippen LogP contribution in [0.3, 0.4) is 0 Å². The van der Waals surface area contributed by atoms with Crippen LogP contribution in [-0.2, 0) is 17.9 Å². The molecule has 0 aliphatic carbocycles. The summed E-state index contributed by atoms with van der Waals surface area (Å²) in [5, 5.41) is 2.83. The van der Waals surface area contributed by atoms with Gasteiger partial charge in [-0.25, -0.2) is 19.4 Å². The topological polar surface area (TPSA) is 94.7 Å². The van der Waals surface area contributed by atoms with Gasteiger partial charge in [0.05, 0.1) is 13.2 Å². The predicted octanol–water partition coefficient (Wildman–Crippen LogP) is 2.03. The summed E-state index contributed by atoms with van der Waals surface area (Å²) in [6.45, 7) is 4.36. The molecule has 2 aromatic rings. The number of aryl methyl sites for hydroxylation is 2. The van der Waals surface area contributed by atoms with Gasteiger partial charge in [-0.15, -0.1) is 0 Å². The zero-order chi connectivity index (χ0) is 17.1. The van der Waals surface area contributed by atoms with Crippen molar-refractivity contribution < 1.29 is 13.9 Å². The molecule has 0 saturated heterocycles. The van der Waals surface area contributed by atoms with Crippen molar-refractivity contribution >= 4 is 11.9 Å². The fraction of sp³-hybridized carbons (Fsp3) is 0.312. The SMILES string of the molecule is Cc1cc(C)nc(NC(N)=NCc2cc(F)cc3c2OCOC3)n1. The Morgan fingerprint density at radius 2 is 2.04 bits per heavy atom. The van der Waals surface area contributed by atoms with Gasteiger partial charge in [0.15, 0.2) is 12.8 Å². The highest BCUT2D eigenvalue weighted by molar-refractivity contribution is 5.90. The quantitative estimate of drug-likeness (QED) is 0.660. The molecule has 0 fully saturated rings. The first-order valence-corrected chi connectivity index (χ1v) is 7.42. The number of aliphatic imine (C=N–C) groups is 1. The number of hydrogen-bond acceptors (Lipinski definition) is 5. The van der Waals surface area contributed by atoms with E-state index in [1.165, 1.54) is 12.1 Å². The molecule has 0 atom stereocenters. The van der Waals surface area contributed by atoms with Gasteiger partial charge in [0, 0.05) is 22.5 Å². The summed E-state index contributed by atoms with van der Waals surface area (Å²) in [6.07, 6.45) is 0. The van der Waals surface area contributed by atoms with Gasteiger partial charge in [0.1, 0.15) is 11.6 Å². The van der Waals surface area contributed by atoms with Crippen molar-refractivity contribution in [3.63, 3.8) is 0 Å². The summed E-state index contributed by atoms with van der Waals surface area (Å²) >= 11 is 0. The molecule has 0 amide bonds. The maximum atomic E-state index is 13.7. The van der Waals surface area contributed by atoms with E-state index < -0.39 is 0 Å². The minimum atomic E-state index is -0.364.